The number of hydrogen-bond donors (Lipinski definition) is 1. The molecule has 0 bridgehead atoms. The van der Waals surface area contributed by atoms with Crippen LogP contribution in [0.25, 0.3) is 0 Å². The van der Waals surface area contributed by atoms with Crippen LogP contribution >= 0.6 is 0 Å². The van der Waals surface area contributed by atoms with E-state index < -0.39 is 24.2 Å². The SMILES string of the molecule is COc1ccc(F)cc1C(=O)N(CC(=O)O)C(C)C. The summed E-state index contributed by atoms with van der Waals surface area (Å²) >= 11 is 0. The molecule has 1 rings (SSSR count). The molecule has 0 radical (unpaired) electrons. The molecule has 0 fully saturated rings. The summed E-state index contributed by atoms with van der Waals surface area (Å²) in [7, 11) is 1.36. The molecular weight excluding hydrogens is 253 g/mol. The molecule has 0 atom stereocenters. The molecule has 104 valence electrons. The largest absolute Gasteiger partial charge is 0.496 e. The van der Waals surface area contributed by atoms with Gasteiger partial charge in [0.1, 0.15) is 18.1 Å². The van der Waals surface area contributed by atoms with Gasteiger partial charge in [-0.15, -0.1) is 0 Å². The number of aliphatic carboxylic acids is 1. The summed E-state index contributed by atoms with van der Waals surface area (Å²) in [5.41, 5.74) is 0.0115. The molecule has 1 amide bonds. The third-order valence-electron chi connectivity index (χ3n) is 2.58. The first-order valence-corrected chi connectivity index (χ1v) is 5.73. The molecule has 0 saturated heterocycles. The fraction of sp³-hybridized carbons (Fsp3) is 0.385. The second kappa shape index (κ2) is 6.17. The van der Waals surface area contributed by atoms with Gasteiger partial charge < -0.3 is 14.7 Å². The highest BCUT2D eigenvalue weighted by Gasteiger charge is 2.24. The van der Waals surface area contributed by atoms with Gasteiger partial charge in [0, 0.05) is 6.04 Å². The number of hydrogen-bond acceptors (Lipinski definition) is 3. The molecule has 6 heteroatoms. The van der Waals surface area contributed by atoms with Crippen molar-refractivity contribution in [3.63, 3.8) is 0 Å². The normalized spacial score (nSPS) is 10.4. The molecule has 0 unspecified atom stereocenters. The van der Waals surface area contributed by atoms with Gasteiger partial charge in [-0.3, -0.25) is 9.59 Å². The minimum atomic E-state index is -1.13. The van der Waals surface area contributed by atoms with Crippen LogP contribution in [-0.2, 0) is 4.79 Å². The Labute approximate surface area is 110 Å². The van der Waals surface area contributed by atoms with Crippen LogP contribution in [-0.4, -0.2) is 41.6 Å². The van der Waals surface area contributed by atoms with Crippen molar-refractivity contribution >= 4 is 11.9 Å². The Hall–Kier alpha value is -2.11. The second-order valence-electron chi connectivity index (χ2n) is 4.27. The van der Waals surface area contributed by atoms with Gasteiger partial charge in [-0.2, -0.15) is 0 Å². The van der Waals surface area contributed by atoms with Crippen molar-refractivity contribution in [2.24, 2.45) is 0 Å². The number of amides is 1. The minimum absolute atomic E-state index is 0.0115. The molecule has 0 aromatic heterocycles. The van der Waals surface area contributed by atoms with Gasteiger partial charge in [0.05, 0.1) is 12.7 Å². The predicted octanol–water partition coefficient (Wildman–Crippen LogP) is 1.77. The topological polar surface area (TPSA) is 66.8 Å². The van der Waals surface area contributed by atoms with Crippen molar-refractivity contribution in [2.75, 3.05) is 13.7 Å². The summed E-state index contributed by atoms with van der Waals surface area (Å²) in [6, 6.07) is 3.23. The molecule has 0 saturated carbocycles. The Morgan fingerprint density at radius 3 is 2.53 bits per heavy atom. The third kappa shape index (κ3) is 3.67. The quantitative estimate of drug-likeness (QED) is 0.884. The Morgan fingerprint density at radius 1 is 1.42 bits per heavy atom. The van der Waals surface area contributed by atoms with Crippen molar-refractivity contribution < 1.29 is 23.8 Å². The highest BCUT2D eigenvalue weighted by Crippen LogP contribution is 2.22. The third-order valence-corrected chi connectivity index (χ3v) is 2.58. The molecule has 1 aromatic rings. The number of nitrogens with zero attached hydrogens (tertiary/aromatic N) is 1. The van der Waals surface area contributed by atoms with Gasteiger partial charge >= 0.3 is 5.97 Å². The highest BCUT2D eigenvalue weighted by atomic mass is 19.1. The first-order chi connectivity index (χ1) is 8.86. The lowest BCUT2D eigenvalue weighted by molar-refractivity contribution is -0.138. The fourth-order valence-corrected chi connectivity index (χ4v) is 1.64. The van der Waals surface area contributed by atoms with Crippen LogP contribution in [0.3, 0.4) is 0 Å². The molecule has 0 aliphatic heterocycles. The monoisotopic (exact) mass is 269 g/mol. The van der Waals surface area contributed by atoms with E-state index in [1.54, 1.807) is 13.8 Å². The number of ether oxygens (including phenoxy) is 1. The zero-order chi connectivity index (χ0) is 14.6. The van der Waals surface area contributed by atoms with Crippen LogP contribution in [0.2, 0.25) is 0 Å². The molecule has 0 heterocycles. The maximum atomic E-state index is 13.2. The second-order valence-corrected chi connectivity index (χ2v) is 4.27. The molecule has 0 spiro atoms. The van der Waals surface area contributed by atoms with Crippen LogP contribution in [0.15, 0.2) is 18.2 Å². The summed E-state index contributed by atoms with van der Waals surface area (Å²) < 4.78 is 18.2. The van der Waals surface area contributed by atoms with Gasteiger partial charge in [0.2, 0.25) is 0 Å². The van der Waals surface area contributed by atoms with E-state index in [0.717, 1.165) is 11.0 Å². The van der Waals surface area contributed by atoms with Gasteiger partial charge in [-0.05, 0) is 32.0 Å². The molecule has 19 heavy (non-hydrogen) atoms. The zero-order valence-electron chi connectivity index (χ0n) is 11.0. The van der Waals surface area contributed by atoms with Crippen LogP contribution < -0.4 is 4.74 Å². The molecular formula is C13H16FNO4. The summed E-state index contributed by atoms with van der Waals surface area (Å²) in [6.45, 7) is 2.93. The summed E-state index contributed by atoms with van der Waals surface area (Å²) in [5.74, 6) is -2.07. The highest BCUT2D eigenvalue weighted by molar-refractivity contribution is 5.98. The van der Waals surface area contributed by atoms with Crippen molar-refractivity contribution in [3.8, 4) is 5.75 Å². The van der Waals surface area contributed by atoms with Gasteiger partial charge in [-0.25, -0.2) is 4.39 Å². The number of carboxylic acids is 1. The number of carbonyl (C=O) groups excluding carboxylic acids is 1. The van der Waals surface area contributed by atoms with Crippen molar-refractivity contribution in [2.45, 2.75) is 19.9 Å². The maximum absolute atomic E-state index is 13.2. The van der Waals surface area contributed by atoms with Gasteiger partial charge in [0.15, 0.2) is 0 Å². The summed E-state index contributed by atoms with van der Waals surface area (Å²) in [6.07, 6.45) is 0. The van der Waals surface area contributed by atoms with E-state index in [1.165, 1.54) is 19.2 Å². The Kier molecular flexibility index (Phi) is 4.86. The number of carbonyl (C=O) groups is 2. The lowest BCUT2D eigenvalue weighted by atomic mass is 10.1. The standard InChI is InChI=1S/C13H16FNO4/c1-8(2)15(7-12(16)17)13(18)10-6-9(14)4-5-11(10)19-3/h4-6,8H,7H2,1-3H3,(H,16,17). The first-order valence-electron chi connectivity index (χ1n) is 5.73. The zero-order valence-corrected chi connectivity index (χ0v) is 11.0. The smallest absolute Gasteiger partial charge is 0.323 e. The van der Waals surface area contributed by atoms with E-state index in [9.17, 15) is 14.0 Å². The van der Waals surface area contributed by atoms with Crippen molar-refractivity contribution in [3.05, 3.63) is 29.6 Å². The van der Waals surface area contributed by atoms with Gasteiger partial charge in [0.25, 0.3) is 5.91 Å². The van der Waals surface area contributed by atoms with E-state index in [0.29, 0.717) is 0 Å². The number of methoxy groups -OCH3 is 1. The number of carboxylic acid groups (broad SMARTS) is 1. The molecule has 0 aliphatic carbocycles. The summed E-state index contributed by atoms with van der Waals surface area (Å²) in [4.78, 5) is 24.2. The van der Waals surface area contributed by atoms with E-state index in [1.807, 2.05) is 0 Å². The maximum Gasteiger partial charge on any atom is 0.323 e. The fourth-order valence-electron chi connectivity index (χ4n) is 1.64. The molecule has 1 aromatic carbocycles. The van der Waals surface area contributed by atoms with Gasteiger partial charge in [-0.1, -0.05) is 0 Å². The average molecular weight is 269 g/mol. The predicted molar refractivity (Wildman–Crippen MR) is 66.8 cm³/mol. The van der Waals surface area contributed by atoms with Crippen LogP contribution in [0.1, 0.15) is 24.2 Å². The van der Waals surface area contributed by atoms with E-state index in [-0.39, 0.29) is 17.4 Å². The first kappa shape index (κ1) is 14.9. The Bertz CT molecular complexity index is 488. The minimum Gasteiger partial charge on any atom is -0.496 e. The Morgan fingerprint density at radius 2 is 2.05 bits per heavy atom. The van der Waals surface area contributed by atoms with Crippen LogP contribution in [0.5, 0.6) is 5.75 Å². The molecule has 1 N–H and O–H groups in total. The van der Waals surface area contributed by atoms with E-state index in [2.05, 4.69) is 0 Å². The number of benzene rings is 1. The number of rotatable bonds is 5. The molecule has 0 aliphatic rings. The van der Waals surface area contributed by atoms with Crippen LogP contribution in [0.4, 0.5) is 4.39 Å². The summed E-state index contributed by atoms with van der Waals surface area (Å²) in [5, 5.41) is 8.81. The lowest BCUT2D eigenvalue weighted by Gasteiger charge is -2.25. The van der Waals surface area contributed by atoms with Crippen molar-refractivity contribution in [1.82, 2.24) is 4.90 Å². The van der Waals surface area contributed by atoms with Crippen LogP contribution in [0, 0.1) is 5.82 Å². The van der Waals surface area contributed by atoms with E-state index >= 15 is 0 Å². The van der Waals surface area contributed by atoms with E-state index in [4.69, 9.17) is 9.84 Å². The lowest BCUT2D eigenvalue weighted by Crippen LogP contribution is -2.40. The molecule has 5 nitrogen and oxygen atoms in total. The Balaban J connectivity index is 3.15. The van der Waals surface area contributed by atoms with Crippen molar-refractivity contribution in [1.29, 1.82) is 0 Å². The number of halogens is 1. The average Bonchev–Trinajstić information content (AvgIpc) is 2.34.